The summed E-state index contributed by atoms with van der Waals surface area (Å²) in [5.41, 5.74) is 3.05. The van der Waals surface area contributed by atoms with E-state index in [-0.39, 0.29) is 5.91 Å². The summed E-state index contributed by atoms with van der Waals surface area (Å²) in [5, 5.41) is 5.15. The average molecular weight is 344 g/mol. The number of aromatic amines is 1. The fourth-order valence-corrected chi connectivity index (χ4v) is 2.88. The van der Waals surface area contributed by atoms with Crippen LogP contribution in [0.4, 0.5) is 0 Å². The van der Waals surface area contributed by atoms with Crippen molar-refractivity contribution in [2.75, 3.05) is 6.54 Å². The van der Waals surface area contributed by atoms with Gasteiger partial charge in [0, 0.05) is 23.7 Å². The Morgan fingerprint density at radius 3 is 2.73 bits per heavy atom. The summed E-state index contributed by atoms with van der Waals surface area (Å²) in [5.74, 6) is 1.05. The summed E-state index contributed by atoms with van der Waals surface area (Å²) in [4.78, 5) is 24.7. The van der Waals surface area contributed by atoms with Crippen LogP contribution in [-0.2, 0) is 0 Å². The Labute approximate surface area is 151 Å². The molecule has 26 heavy (non-hydrogen) atoms. The number of fused-ring (bicyclic) bond motifs is 2. The van der Waals surface area contributed by atoms with Crippen molar-refractivity contribution in [3.8, 4) is 11.5 Å². The topological polar surface area (TPSA) is 70.7 Å². The molecule has 0 saturated heterocycles. The Kier molecular flexibility index (Phi) is 4.13. The highest BCUT2D eigenvalue weighted by atomic mass is 16.1. The minimum absolute atomic E-state index is 0.0689. The quantitative estimate of drug-likeness (QED) is 0.584. The minimum atomic E-state index is -0.0689. The summed E-state index contributed by atoms with van der Waals surface area (Å²) in [6, 6.07) is 15.6. The van der Waals surface area contributed by atoms with E-state index in [1.807, 2.05) is 42.6 Å². The van der Waals surface area contributed by atoms with E-state index in [9.17, 15) is 4.79 Å². The number of carbonyl (C=O) groups is 1. The van der Waals surface area contributed by atoms with Gasteiger partial charge in [0.25, 0.3) is 5.91 Å². The molecule has 2 N–H and O–H groups in total. The molecule has 0 unspecified atom stereocenters. The first-order valence-corrected chi connectivity index (χ1v) is 8.73. The van der Waals surface area contributed by atoms with Crippen molar-refractivity contribution in [2.45, 2.75) is 13.8 Å². The Hall–Kier alpha value is -3.21. The van der Waals surface area contributed by atoms with Crippen molar-refractivity contribution >= 4 is 27.7 Å². The molecule has 0 spiro atoms. The monoisotopic (exact) mass is 344 g/mol. The second-order valence-electron chi connectivity index (χ2n) is 6.84. The van der Waals surface area contributed by atoms with Gasteiger partial charge in [-0.1, -0.05) is 38.1 Å². The molecule has 0 atom stereocenters. The van der Waals surface area contributed by atoms with Crippen LogP contribution in [0.25, 0.3) is 33.3 Å². The summed E-state index contributed by atoms with van der Waals surface area (Å²) in [7, 11) is 0. The van der Waals surface area contributed by atoms with Gasteiger partial charge in [-0.2, -0.15) is 0 Å². The number of imidazole rings is 1. The highest BCUT2D eigenvalue weighted by Crippen LogP contribution is 2.23. The lowest BCUT2D eigenvalue weighted by atomic mass is 10.1. The van der Waals surface area contributed by atoms with Crippen LogP contribution in [0.3, 0.4) is 0 Å². The van der Waals surface area contributed by atoms with Gasteiger partial charge in [-0.3, -0.25) is 9.78 Å². The van der Waals surface area contributed by atoms with E-state index in [0.29, 0.717) is 23.9 Å². The molecule has 0 bridgehead atoms. The summed E-state index contributed by atoms with van der Waals surface area (Å²) in [6.07, 6.45) is 1.85. The van der Waals surface area contributed by atoms with E-state index in [4.69, 9.17) is 0 Å². The Morgan fingerprint density at radius 1 is 1.12 bits per heavy atom. The third kappa shape index (κ3) is 3.16. The first kappa shape index (κ1) is 16.3. The van der Waals surface area contributed by atoms with Crippen LogP contribution in [0.15, 0.2) is 54.7 Å². The number of nitrogens with one attached hydrogen (secondary N) is 2. The van der Waals surface area contributed by atoms with Gasteiger partial charge >= 0.3 is 0 Å². The van der Waals surface area contributed by atoms with Crippen LogP contribution in [0.1, 0.15) is 24.2 Å². The zero-order valence-corrected chi connectivity index (χ0v) is 14.8. The van der Waals surface area contributed by atoms with Gasteiger partial charge in [0.2, 0.25) is 0 Å². The smallest absolute Gasteiger partial charge is 0.251 e. The Balaban J connectivity index is 1.67. The standard InChI is InChI=1S/C21H20N4O/c1-13(2)11-23-21(26)15-7-8-17-18(10-15)25-20(24-17)19-9-14-5-3-4-6-16(14)12-22-19/h3-10,12-13H,11H2,1-2H3,(H,23,26)(H,24,25). The number of rotatable bonds is 4. The van der Waals surface area contributed by atoms with Crippen molar-refractivity contribution in [3.63, 3.8) is 0 Å². The molecule has 0 aliphatic carbocycles. The molecule has 130 valence electrons. The molecule has 0 fully saturated rings. The summed E-state index contributed by atoms with van der Waals surface area (Å²) in [6.45, 7) is 4.80. The average Bonchev–Trinajstić information content (AvgIpc) is 3.09. The Bertz CT molecular complexity index is 1100. The molecule has 4 rings (SSSR count). The fraction of sp³-hybridized carbons (Fsp3) is 0.190. The van der Waals surface area contributed by atoms with E-state index < -0.39 is 0 Å². The highest BCUT2D eigenvalue weighted by molar-refractivity contribution is 5.97. The van der Waals surface area contributed by atoms with E-state index in [1.54, 1.807) is 6.07 Å². The molecule has 2 aromatic heterocycles. The first-order valence-electron chi connectivity index (χ1n) is 8.73. The number of pyridine rings is 1. The van der Waals surface area contributed by atoms with Gasteiger partial charge in [-0.15, -0.1) is 0 Å². The molecule has 5 nitrogen and oxygen atoms in total. The molecular formula is C21H20N4O. The maximum absolute atomic E-state index is 12.3. The molecule has 0 radical (unpaired) electrons. The van der Waals surface area contributed by atoms with Crippen LogP contribution in [0, 0.1) is 5.92 Å². The SMILES string of the molecule is CC(C)CNC(=O)c1ccc2nc(-c3cc4ccccc4cn3)[nH]c2c1. The third-order valence-corrected chi connectivity index (χ3v) is 4.29. The number of carbonyl (C=O) groups excluding carboxylic acids is 1. The number of hydrogen-bond acceptors (Lipinski definition) is 3. The largest absolute Gasteiger partial charge is 0.352 e. The number of aromatic nitrogens is 3. The van der Waals surface area contributed by atoms with Crippen LogP contribution in [-0.4, -0.2) is 27.4 Å². The molecule has 4 aromatic rings. The van der Waals surface area contributed by atoms with Gasteiger partial charge in [0.05, 0.1) is 11.0 Å². The van der Waals surface area contributed by atoms with Gasteiger partial charge in [0.15, 0.2) is 5.82 Å². The first-order chi connectivity index (χ1) is 12.6. The lowest BCUT2D eigenvalue weighted by Gasteiger charge is -2.07. The van der Waals surface area contributed by atoms with Crippen molar-refractivity contribution in [2.24, 2.45) is 5.92 Å². The fourth-order valence-electron chi connectivity index (χ4n) is 2.88. The Morgan fingerprint density at radius 2 is 1.92 bits per heavy atom. The number of H-pyrrole nitrogens is 1. The lowest BCUT2D eigenvalue weighted by Crippen LogP contribution is -2.27. The zero-order chi connectivity index (χ0) is 18.1. The predicted molar refractivity (Wildman–Crippen MR) is 104 cm³/mol. The second-order valence-corrected chi connectivity index (χ2v) is 6.84. The summed E-state index contributed by atoms with van der Waals surface area (Å²) >= 11 is 0. The molecule has 0 aliphatic rings. The third-order valence-electron chi connectivity index (χ3n) is 4.29. The number of benzene rings is 2. The maximum atomic E-state index is 12.3. The molecule has 2 heterocycles. The van der Waals surface area contributed by atoms with Crippen LogP contribution < -0.4 is 5.32 Å². The molecule has 0 aliphatic heterocycles. The molecule has 0 saturated carbocycles. The van der Waals surface area contributed by atoms with E-state index in [1.165, 1.54) is 0 Å². The van der Waals surface area contributed by atoms with E-state index >= 15 is 0 Å². The second kappa shape index (κ2) is 6.59. The van der Waals surface area contributed by atoms with Crippen LogP contribution in [0.5, 0.6) is 0 Å². The number of amides is 1. The lowest BCUT2D eigenvalue weighted by molar-refractivity contribution is 0.0949. The van der Waals surface area contributed by atoms with Crippen molar-refractivity contribution < 1.29 is 4.79 Å². The van der Waals surface area contributed by atoms with Crippen molar-refractivity contribution in [1.82, 2.24) is 20.3 Å². The van der Waals surface area contributed by atoms with Gasteiger partial charge in [-0.05, 0) is 35.6 Å². The van der Waals surface area contributed by atoms with Gasteiger partial charge in [0.1, 0.15) is 5.69 Å². The normalized spacial score (nSPS) is 11.3. The number of nitrogens with zero attached hydrogens (tertiary/aromatic N) is 2. The van der Waals surface area contributed by atoms with Gasteiger partial charge < -0.3 is 10.3 Å². The van der Waals surface area contributed by atoms with Gasteiger partial charge in [-0.25, -0.2) is 4.98 Å². The minimum Gasteiger partial charge on any atom is -0.352 e. The van der Waals surface area contributed by atoms with E-state index in [2.05, 4.69) is 40.2 Å². The number of hydrogen-bond donors (Lipinski definition) is 2. The van der Waals surface area contributed by atoms with Crippen LogP contribution >= 0.6 is 0 Å². The van der Waals surface area contributed by atoms with Crippen LogP contribution in [0.2, 0.25) is 0 Å². The molecule has 5 heteroatoms. The zero-order valence-electron chi connectivity index (χ0n) is 14.8. The predicted octanol–water partition coefficient (Wildman–Crippen LogP) is 4.16. The molecule has 1 amide bonds. The molecular weight excluding hydrogens is 324 g/mol. The highest BCUT2D eigenvalue weighted by Gasteiger charge is 2.11. The van der Waals surface area contributed by atoms with Crippen molar-refractivity contribution in [3.05, 3.63) is 60.3 Å². The summed E-state index contributed by atoms with van der Waals surface area (Å²) < 4.78 is 0. The van der Waals surface area contributed by atoms with E-state index in [0.717, 1.165) is 27.5 Å². The van der Waals surface area contributed by atoms with Crippen molar-refractivity contribution in [1.29, 1.82) is 0 Å². The molecule has 2 aromatic carbocycles. The maximum Gasteiger partial charge on any atom is 0.251 e.